The van der Waals surface area contributed by atoms with E-state index in [1.54, 1.807) is 23.2 Å². The number of carbonyl (C=O) groups excluding carboxylic acids is 1. The fourth-order valence-electron chi connectivity index (χ4n) is 2.52. The SMILES string of the molecule is NCc1cc(C(=O)N2CCCCCC2CO)ccn1. The van der Waals surface area contributed by atoms with Gasteiger partial charge in [0.1, 0.15) is 0 Å². The van der Waals surface area contributed by atoms with Crippen LogP contribution in [0, 0.1) is 0 Å². The van der Waals surface area contributed by atoms with Crippen LogP contribution in [0.2, 0.25) is 0 Å². The number of likely N-dealkylation sites (tertiary alicyclic amines) is 1. The molecule has 1 amide bonds. The van der Waals surface area contributed by atoms with Gasteiger partial charge in [-0.2, -0.15) is 0 Å². The van der Waals surface area contributed by atoms with Gasteiger partial charge in [-0.05, 0) is 25.0 Å². The zero-order valence-electron chi connectivity index (χ0n) is 11.1. The normalized spacial score (nSPS) is 20.1. The molecule has 1 aliphatic heterocycles. The second-order valence-electron chi connectivity index (χ2n) is 4.92. The first kappa shape index (κ1) is 14.0. The topological polar surface area (TPSA) is 79.5 Å². The van der Waals surface area contributed by atoms with Crippen molar-refractivity contribution in [1.82, 2.24) is 9.88 Å². The van der Waals surface area contributed by atoms with Crippen molar-refractivity contribution in [1.29, 1.82) is 0 Å². The molecule has 1 aliphatic rings. The van der Waals surface area contributed by atoms with Crippen LogP contribution < -0.4 is 5.73 Å². The minimum atomic E-state index is -0.0653. The van der Waals surface area contributed by atoms with Crippen molar-refractivity contribution < 1.29 is 9.90 Å². The van der Waals surface area contributed by atoms with Gasteiger partial charge in [0.15, 0.2) is 0 Å². The number of aliphatic hydroxyl groups excluding tert-OH is 1. The molecule has 1 saturated heterocycles. The smallest absolute Gasteiger partial charge is 0.254 e. The molecule has 3 N–H and O–H groups in total. The van der Waals surface area contributed by atoms with E-state index in [1.165, 1.54) is 0 Å². The van der Waals surface area contributed by atoms with Crippen molar-refractivity contribution in [3.8, 4) is 0 Å². The van der Waals surface area contributed by atoms with E-state index < -0.39 is 0 Å². The Hall–Kier alpha value is -1.46. The van der Waals surface area contributed by atoms with Crippen LogP contribution >= 0.6 is 0 Å². The molecule has 1 aromatic heterocycles. The van der Waals surface area contributed by atoms with Gasteiger partial charge in [-0.25, -0.2) is 0 Å². The monoisotopic (exact) mass is 263 g/mol. The first-order valence-corrected chi connectivity index (χ1v) is 6.83. The molecule has 0 radical (unpaired) electrons. The molecular weight excluding hydrogens is 242 g/mol. The predicted molar refractivity (Wildman–Crippen MR) is 72.5 cm³/mol. The average molecular weight is 263 g/mol. The van der Waals surface area contributed by atoms with Crippen LogP contribution in [0.25, 0.3) is 0 Å². The summed E-state index contributed by atoms with van der Waals surface area (Å²) >= 11 is 0. The van der Waals surface area contributed by atoms with Gasteiger partial charge in [-0.1, -0.05) is 12.8 Å². The maximum atomic E-state index is 12.5. The number of nitrogens with two attached hydrogens (primary N) is 1. The zero-order valence-corrected chi connectivity index (χ0v) is 11.1. The Labute approximate surface area is 113 Å². The second kappa shape index (κ2) is 6.63. The van der Waals surface area contributed by atoms with E-state index >= 15 is 0 Å². The summed E-state index contributed by atoms with van der Waals surface area (Å²) in [5.74, 6) is -0.0296. The summed E-state index contributed by atoms with van der Waals surface area (Å²) in [4.78, 5) is 18.4. The highest BCUT2D eigenvalue weighted by Gasteiger charge is 2.25. The number of aromatic nitrogens is 1. The van der Waals surface area contributed by atoms with Crippen molar-refractivity contribution in [2.45, 2.75) is 38.3 Å². The van der Waals surface area contributed by atoms with E-state index in [0.29, 0.717) is 24.3 Å². The summed E-state index contributed by atoms with van der Waals surface area (Å²) in [6.07, 6.45) is 5.67. The molecule has 1 aromatic rings. The molecule has 1 unspecified atom stereocenters. The van der Waals surface area contributed by atoms with Crippen molar-refractivity contribution in [3.63, 3.8) is 0 Å². The largest absolute Gasteiger partial charge is 0.394 e. The maximum Gasteiger partial charge on any atom is 0.254 e. The van der Waals surface area contributed by atoms with E-state index in [9.17, 15) is 9.90 Å². The van der Waals surface area contributed by atoms with E-state index in [1.807, 2.05) is 0 Å². The van der Waals surface area contributed by atoms with E-state index in [0.717, 1.165) is 25.7 Å². The van der Waals surface area contributed by atoms with Gasteiger partial charge < -0.3 is 15.7 Å². The summed E-state index contributed by atoms with van der Waals surface area (Å²) < 4.78 is 0. The molecule has 0 aromatic carbocycles. The Morgan fingerprint density at radius 1 is 1.47 bits per heavy atom. The average Bonchev–Trinajstić information content (AvgIpc) is 2.71. The van der Waals surface area contributed by atoms with Crippen LogP contribution in [0.15, 0.2) is 18.3 Å². The highest BCUT2D eigenvalue weighted by Crippen LogP contribution is 2.19. The van der Waals surface area contributed by atoms with E-state index in [2.05, 4.69) is 4.98 Å². The Morgan fingerprint density at radius 3 is 3.05 bits per heavy atom. The lowest BCUT2D eigenvalue weighted by atomic mass is 10.1. The second-order valence-corrected chi connectivity index (χ2v) is 4.92. The van der Waals surface area contributed by atoms with Gasteiger partial charge >= 0.3 is 0 Å². The molecule has 2 heterocycles. The van der Waals surface area contributed by atoms with E-state index in [-0.39, 0.29) is 18.6 Å². The van der Waals surface area contributed by atoms with Gasteiger partial charge in [0.25, 0.3) is 5.91 Å². The number of aliphatic hydroxyl groups is 1. The summed E-state index contributed by atoms with van der Waals surface area (Å²) in [5, 5.41) is 9.46. The lowest BCUT2D eigenvalue weighted by Crippen LogP contribution is -2.42. The third kappa shape index (κ3) is 3.30. The molecule has 0 spiro atoms. The van der Waals surface area contributed by atoms with Crippen LogP contribution in [0.5, 0.6) is 0 Å². The summed E-state index contributed by atoms with van der Waals surface area (Å²) in [6, 6.07) is 3.38. The molecule has 0 saturated carbocycles. The molecule has 5 heteroatoms. The highest BCUT2D eigenvalue weighted by atomic mass is 16.3. The molecule has 1 atom stereocenters. The Morgan fingerprint density at radius 2 is 2.32 bits per heavy atom. The van der Waals surface area contributed by atoms with Gasteiger partial charge in [-0.3, -0.25) is 9.78 Å². The first-order chi connectivity index (χ1) is 9.26. The number of pyridine rings is 1. The maximum absolute atomic E-state index is 12.5. The minimum absolute atomic E-state index is 0.0283. The van der Waals surface area contributed by atoms with Crippen LogP contribution in [0.4, 0.5) is 0 Å². The molecule has 1 fully saturated rings. The molecule has 2 rings (SSSR count). The van der Waals surface area contributed by atoms with Crippen molar-refractivity contribution in [3.05, 3.63) is 29.6 Å². The number of rotatable bonds is 3. The van der Waals surface area contributed by atoms with Crippen LogP contribution in [-0.2, 0) is 6.54 Å². The third-order valence-corrected chi connectivity index (χ3v) is 3.62. The molecule has 0 bridgehead atoms. The van der Waals surface area contributed by atoms with Crippen LogP contribution in [0.3, 0.4) is 0 Å². The highest BCUT2D eigenvalue weighted by molar-refractivity contribution is 5.94. The van der Waals surface area contributed by atoms with Crippen LogP contribution in [-0.4, -0.2) is 40.1 Å². The predicted octanol–water partition coefficient (Wildman–Crippen LogP) is 0.917. The summed E-state index contributed by atoms with van der Waals surface area (Å²) in [5.41, 5.74) is 6.87. The first-order valence-electron chi connectivity index (χ1n) is 6.83. The lowest BCUT2D eigenvalue weighted by Gasteiger charge is -2.28. The lowest BCUT2D eigenvalue weighted by molar-refractivity contribution is 0.0599. The Balaban J connectivity index is 2.20. The minimum Gasteiger partial charge on any atom is -0.394 e. The fraction of sp³-hybridized carbons (Fsp3) is 0.571. The number of hydrogen-bond donors (Lipinski definition) is 2. The standard InChI is InChI=1S/C14H21N3O2/c15-9-12-8-11(5-6-16-12)14(19)17-7-3-1-2-4-13(17)10-18/h5-6,8,13,18H,1-4,7,9-10,15H2. The fourth-order valence-corrected chi connectivity index (χ4v) is 2.52. The number of carbonyl (C=O) groups is 1. The van der Waals surface area contributed by atoms with E-state index in [4.69, 9.17) is 5.73 Å². The van der Waals surface area contributed by atoms with Crippen molar-refractivity contribution >= 4 is 5.91 Å². The quantitative estimate of drug-likeness (QED) is 0.849. The van der Waals surface area contributed by atoms with Gasteiger partial charge in [-0.15, -0.1) is 0 Å². The zero-order chi connectivity index (χ0) is 13.7. The third-order valence-electron chi connectivity index (χ3n) is 3.62. The number of amides is 1. The molecular formula is C14H21N3O2. The van der Waals surface area contributed by atoms with Gasteiger partial charge in [0.05, 0.1) is 18.3 Å². The van der Waals surface area contributed by atoms with Gasteiger partial charge in [0, 0.05) is 24.8 Å². The Bertz CT molecular complexity index is 436. The summed E-state index contributed by atoms with van der Waals surface area (Å²) in [7, 11) is 0. The van der Waals surface area contributed by atoms with Gasteiger partial charge in [0.2, 0.25) is 0 Å². The number of hydrogen-bond acceptors (Lipinski definition) is 4. The van der Waals surface area contributed by atoms with Crippen molar-refractivity contribution in [2.75, 3.05) is 13.2 Å². The summed E-state index contributed by atoms with van der Waals surface area (Å²) in [6.45, 7) is 1.06. The molecule has 104 valence electrons. The molecule has 5 nitrogen and oxygen atoms in total. The Kier molecular flexibility index (Phi) is 4.87. The van der Waals surface area contributed by atoms with Crippen LogP contribution in [0.1, 0.15) is 41.7 Å². The van der Waals surface area contributed by atoms with Crippen molar-refractivity contribution in [2.24, 2.45) is 5.73 Å². The molecule has 19 heavy (non-hydrogen) atoms. The molecule has 0 aliphatic carbocycles. The number of nitrogens with zero attached hydrogens (tertiary/aromatic N) is 2.